The summed E-state index contributed by atoms with van der Waals surface area (Å²) in [5.74, 6) is 0. The highest BCUT2D eigenvalue weighted by atomic mass is 32.1. The monoisotopic (exact) mass is 385 g/mol. The van der Waals surface area contributed by atoms with E-state index in [1.165, 1.54) is 27.6 Å². The summed E-state index contributed by atoms with van der Waals surface area (Å²) in [5, 5.41) is 8.17. The van der Waals surface area contributed by atoms with E-state index >= 15 is 0 Å². The number of rotatable bonds is 4. The summed E-state index contributed by atoms with van der Waals surface area (Å²) in [5.41, 5.74) is 6.22. The van der Waals surface area contributed by atoms with Gasteiger partial charge in [-0.3, -0.25) is 0 Å². The lowest BCUT2D eigenvalue weighted by atomic mass is 10.0. The van der Waals surface area contributed by atoms with Gasteiger partial charge in [-0.15, -0.1) is 11.3 Å². The molecule has 0 amide bonds. The molecule has 2 aromatic carbocycles. The van der Waals surface area contributed by atoms with E-state index in [0.717, 1.165) is 30.2 Å². The van der Waals surface area contributed by atoms with E-state index in [9.17, 15) is 0 Å². The van der Waals surface area contributed by atoms with Crippen molar-refractivity contribution in [3.63, 3.8) is 0 Å². The van der Waals surface area contributed by atoms with Gasteiger partial charge >= 0.3 is 0 Å². The molecule has 3 nitrogen and oxygen atoms in total. The molecule has 1 unspecified atom stereocenters. The lowest BCUT2D eigenvalue weighted by Gasteiger charge is -2.18. The Morgan fingerprint density at radius 3 is 2.82 bits per heavy atom. The average molecular weight is 386 g/mol. The number of nitrogens with zero attached hydrogens (tertiary/aromatic N) is 2. The minimum absolute atomic E-state index is 0.265. The predicted molar refractivity (Wildman–Crippen MR) is 118 cm³/mol. The van der Waals surface area contributed by atoms with Crippen LogP contribution in [0.4, 0.5) is 0 Å². The van der Waals surface area contributed by atoms with E-state index in [-0.39, 0.29) is 6.04 Å². The Bertz CT molecular complexity index is 1140. The average Bonchev–Trinajstić information content (AvgIpc) is 3.33. The predicted octanol–water partition coefficient (Wildman–Crippen LogP) is 5.71. The fourth-order valence-corrected chi connectivity index (χ4v) is 4.73. The van der Waals surface area contributed by atoms with Gasteiger partial charge < -0.3 is 9.88 Å². The molecule has 1 aliphatic heterocycles. The molecule has 5 rings (SSSR count). The molecule has 140 valence electrons. The molecular formula is C24H23N3S. The molecule has 1 atom stereocenters. The van der Waals surface area contributed by atoms with Gasteiger partial charge in [0.15, 0.2) is 0 Å². The lowest BCUT2D eigenvalue weighted by Crippen LogP contribution is -2.23. The van der Waals surface area contributed by atoms with Crippen LogP contribution in [0.25, 0.3) is 21.5 Å². The summed E-state index contributed by atoms with van der Waals surface area (Å²) in [4.78, 5) is 4.69. The molecule has 0 aliphatic carbocycles. The number of aromatic nitrogens is 2. The van der Waals surface area contributed by atoms with E-state index < -0.39 is 0 Å². The number of fused-ring (bicyclic) bond motifs is 1. The molecule has 0 spiro atoms. The fraction of sp³-hybridized carbons (Fsp3) is 0.208. The Labute approximate surface area is 169 Å². The van der Waals surface area contributed by atoms with Gasteiger partial charge in [-0.1, -0.05) is 42.5 Å². The second kappa shape index (κ2) is 7.38. The lowest BCUT2D eigenvalue weighted by molar-refractivity contribution is 0.602. The fourth-order valence-electron chi connectivity index (χ4n) is 3.94. The molecule has 0 fully saturated rings. The van der Waals surface area contributed by atoms with Crippen molar-refractivity contribution in [2.45, 2.75) is 25.9 Å². The van der Waals surface area contributed by atoms with Gasteiger partial charge in [-0.2, -0.15) is 0 Å². The summed E-state index contributed by atoms with van der Waals surface area (Å²) < 4.78 is 2.38. The van der Waals surface area contributed by atoms with Crippen LogP contribution in [-0.4, -0.2) is 16.1 Å². The standard InChI is InChI=1S/C24H23N3S/c1-17-16-28-24(26-17)19-10-11-23-20(13-19)21(22-9-5-6-12-25-22)15-27(23)14-18-7-3-2-4-8-18/h2-5,7-11,13,15-16,22,25H,6,12,14H2,1H3. The number of benzene rings is 2. The Hall–Kier alpha value is -2.69. The quantitative estimate of drug-likeness (QED) is 0.456. The van der Waals surface area contributed by atoms with Crippen molar-refractivity contribution in [1.29, 1.82) is 0 Å². The van der Waals surface area contributed by atoms with Gasteiger partial charge in [-0.05, 0) is 49.2 Å². The van der Waals surface area contributed by atoms with Crippen LogP contribution in [0.1, 0.15) is 29.3 Å². The normalized spacial score (nSPS) is 16.7. The van der Waals surface area contributed by atoms with Crippen molar-refractivity contribution in [1.82, 2.24) is 14.9 Å². The maximum Gasteiger partial charge on any atom is 0.123 e. The maximum atomic E-state index is 4.69. The van der Waals surface area contributed by atoms with Gasteiger partial charge in [0.05, 0.1) is 6.04 Å². The highest BCUT2D eigenvalue weighted by Crippen LogP contribution is 2.33. The third-order valence-corrected chi connectivity index (χ3v) is 6.32. The summed E-state index contributed by atoms with van der Waals surface area (Å²) in [6.07, 6.45) is 8.01. The topological polar surface area (TPSA) is 29.9 Å². The smallest absolute Gasteiger partial charge is 0.123 e. The molecule has 1 aliphatic rings. The Morgan fingerprint density at radius 2 is 2.07 bits per heavy atom. The third kappa shape index (κ3) is 3.30. The summed E-state index contributed by atoms with van der Waals surface area (Å²) in [7, 11) is 0. The van der Waals surface area contributed by atoms with Crippen LogP contribution in [0.15, 0.2) is 72.3 Å². The van der Waals surface area contributed by atoms with Crippen LogP contribution in [0.3, 0.4) is 0 Å². The number of aryl methyl sites for hydroxylation is 1. The van der Waals surface area contributed by atoms with Crippen molar-refractivity contribution < 1.29 is 0 Å². The van der Waals surface area contributed by atoms with Crippen LogP contribution >= 0.6 is 11.3 Å². The summed E-state index contributed by atoms with van der Waals surface area (Å²) in [6, 6.07) is 17.7. The van der Waals surface area contributed by atoms with Crippen molar-refractivity contribution in [2.75, 3.05) is 6.54 Å². The van der Waals surface area contributed by atoms with Crippen molar-refractivity contribution >= 4 is 22.2 Å². The zero-order valence-corrected chi connectivity index (χ0v) is 16.7. The molecule has 0 radical (unpaired) electrons. The van der Waals surface area contributed by atoms with E-state index in [2.05, 4.69) is 94.1 Å². The third-order valence-electron chi connectivity index (χ3n) is 5.31. The van der Waals surface area contributed by atoms with Gasteiger partial charge in [0.2, 0.25) is 0 Å². The minimum atomic E-state index is 0.265. The van der Waals surface area contributed by atoms with Crippen molar-refractivity contribution in [3.8, 4) is 10.6 Å². The van der Waals surface area contributed by atoms with Crippen molar-refractivity contribution in [2.24, 2.45) is 0 Å². The van der Waals surface area contributed by atoms with Gasteiger partial charge in [0.25, 0.3) is 0 Å². The highest BCUT2D eigenvalue weighted by molar-refractivity contribution is 7.13. The molecule has 4 heteroatoms. The van der Waals surface area contributed by atoms with E-state index in [0.29, 0.717) is 0 Å². The Kier molecular flexibility index (Phi) is 4.59. The number of hydrogen-bond donors (Lipinski definition) is 1. The van der Waals surface area contributed by atoms with Gasteiger partial charge in [0, 0.05) is 40.3 Å². The van der Waals surface area contributed by atoms with Gasteiger partial charge in [-0.25, -0.2) is 4.98 Å². The van der Waals surface area contributed by atoms with Crippen LogP contribution in [0.2, 0.25) is 0 Å². The highest BCUT2D eigenvalue weighted by Gasteiger charge is 2.18. The van der Waals surface area contributed by atoms with Gasteiger partial charge in [0.1, 0.15) is 5.01 Å². The van der Waals surface area contributed by atoms with E-state index in [4.69, 9.17) is 0 Å². The number of thiazole rings is 1. The molecule has 28 heavy (non-hydrogen) atoms. The molecule has 0 saturated carbocycles. The second-order valence-corrected chi connectivity index (χ2v) is 8.23. The van der Waals surface area contributed by atoms with Crippen LogP contribution in [0, 0.1) is 6.92 Å². The molecule has 0 saturated heterocycles. The zero-order valence-electron chi connectivity index (χ0n) is 15.9. The van der Waals surface area contributed by atoms with E-state index in [1.807, 2.05) is 0 Å². The minimum Gasteiger partial charge on any atom is -0.343 e. The summed E-state index contributed by atoms with van der Waals surface area (Å²) in [6.45, 7) is 3.96. The molecule has 0 bridgehead atoms. The first-order valence-corrected chi connectivity index (χ1v) is 10.7. The van der Waals surface area contributed by atoms with Crippen LogP contribution in [0.5, 0.6) is 0 Å². The first kappa shape index (κ1) is 17.4. The second-order valence-electron chi connectivity index (χ2n) is 7.37. The first-order chi connectivity index (χ1) is 13.8. The van der Waals surface area contributed by atoms with Crippen LogP contribution in [-0.2, 0) is 6.54 Å². The molecule has 4 aromatic rings. The van der Waals surface area contributed by atoms with E-state index in [1.54, 1.807) is 11.3 Å². The van der Waals surface area contributed by atoms with Crippen LogP contribution < -0.4 is 5.32 Å². The largest absolute Gasteiger partial charge is 0.343 e. The Morgan fingerprint density at radius 1 is 1.18 bits per heavy atom. The molecule has 2 aromatic heterocycles. The van der Waals surface area contributed by atoms with Crippen molar-refractivity contribution in [3.05, 3.63) is 89.1 Å². The molecule has 1 N–H and O–H groups in total. The maximum absolute atomic E-state index is 4.69. The first-order valence-electron chi connectivity index (χ1n) is 9.77. The number of hydrogen-bond acceptors (Lipinski definition) is 3. The SMILES string of the molecule is Cc1csc(-c2ccc3c(c2)c(C2C=CCCN2)cn3Cc2ccccc2)n1. The molecular weight excluding hydrogens is 362 g/mol. The zero-order chi connectivity index (χ0) is 18.9. The number of nitrogens with one attached hydrogen (secondary N) is 1. The molecule has 3 heterocycles. The summed E-state index contributed by atoms with van der Waals surface area (Å²) >= 11 is 1.71. The Balaban J connectivity index is 1.64.